The Hall–Kier alpha value is -1.75. The maximum atomic E-state index is 14.1. The van der Waals surface area contributed by atoms with Crippen LogP contribution in [0.15, 0.2) is 35.7 Å². The van der Waals surface area contributed by atoms with E-state index in [0.29, 0.717) is 12.0 Å². The highest BCUT2D eigenvalue weighted by Crippen LogP contribution is 2.28. The number of aryl methyl sites for hydroxylation is 1. The lowest BCUT2D eigenvalue weighted by Gasteiger charge is -2.10. The number of rotatable bonds is 4. The van der Waals surface area contributed by atoms with Gasteiger partial charge in [-0.05, 0) is 45.1 Å². The van der Waals surface area contributed by atoms with Gasteiger partial charge in [-0.1, -0.05) is 17.6 Å². The fourth-order valence-electron chi connectivity index (χ4n) is 2.49. The Morgan fingerprint density at radius 2 is 2.14 bits per heavy atom. The van der Waals surface area contributed by atoms with E-state index < -0.39 is 5.83 Å². The number of H-pyrrole nitrogens is 1. The first kappa shape index (κ1) is 15.6. The van der Waals surface area contributed by atoms with E-state index in [1.165, 1.54) is 6.08 Å². The SMILES string of the molecule is B/C1=C/Cc2[nH]cc(CCCN(C)C)c2/C(O)=C(/F)C=C1. The van der Waals surface area contributed by atoms with Crippen LogP contribution in [0.2, 0.25) is 0 Å². The summed E-state index contributed by atoms with van der Waals surface area (Å²) >= 11 is 0. The van der Waals surface area contributed by atoms with Crippen LogP contribution in [0.1, 0.15) is 23.2 Å². The minimum Gasteiger partial charge on any atom is -0.504 e. The van der Waals surface area contributed by atoms with E-state index >= 15 is 0 Å². The molecule has 112 valence electrons. The van der Waals surface area contributed by atoms with Crippen LogP contribution in [0.5, 0.6) is 0 Å². The second-order valence-corrected chi connectivity index (χ2v) is 5.76. The fraction of sp³-hybridized carbons (Fsp3) is 0.375. The quantitative estimate of drug-likeness (QED) is 0.835. The molecule has 0 bridgehead atoms. The van der Waals surface area contributed by atoms with Gasteiger partial charge < -0.3 is 15.0 Å². The molecule has 0 aliphatic heterocycles. The summed E-state index contributed by atoms with van der Waals surface area (Å²) in [6.07, 6.45) is 9.37. The third-order valence-electron chi connectivity index (χ3n) is 3.68. The van der Waals surface area contributed by atoms with Crippen LogP contribution >= 0.6 is 0 Å². The molecular weight excluding hydrogens is 266 g/mol. The Kier molecular flexibility index (Phi) is 5.07. The minimum absolute atomic E-state index is 0.259. The Morgan fingerprint density at radius 3 is 2.86 bits per heavy atom. The van der Waals surface area contributed by atoms with Gasteiger partial charge in [-0.3, -0.25) is 0 Å². The molecule has 0 spiro atoms. The number of aromatic amines is 1. The molecule has 2 rings (SSSR count). The van der Waals surface area contributed by atoms with E-state index in [1.54, 1.807) is 6.08 Å². The zero-order chi connectivity index (χ0) is 15.4. The standard InChI is InChI=1S/C16H22BFN2O/c1-20(2)9-3-4-11-10-19-14-8-6-12(17)5-7-13(18)16(21)15(11)14/h5-7,10,19,21H,3-4,8-9,17H2,1-2H3/b7-5?,12-6+,16-13-. The van der Waals surface area contributed by atoms with Crippen molar-refractivity contribution >= 4 is 13.6 Å². The molecule has 0 saturated heterocycles. The topological polar surface area (TPSA) is 39.3 Å². The van der Waals surface area contributed by atoms with Crippen molar-refractivity contribution in [2.45, 2.75) is 19.3 Å². The minimum atomic E-state index is -0.584. The van der Waals surface area contributed by atoms with E-state index in [-0.39, 0.29) is 5.76 Å². The average molecular weight is 288 g/mol. The summed E-state index contributed by atoms with van der Waals surface area (Å²) in [5.74, 6) is -0.843. The molecule has 3 nitrogen and oxygen atoms in total. The number of aromatic nitrogens is 1. The van der Waals surface area contributed by atoms with Crippen molar-refractivity contribution in [3.63, 3.8) is 0 Å². The molecular formula is C16H22BFN2O. The summed E-state index contributed by atoms with van der Waals surface area (Å²) in [5, 5.41) is 10.2. The maximum Gasteiger partial charge on any atom is 0.165 e. The molecule has 21 heavy (non-hydrogen) atoms. The van der Waals surface area contributed by atoms with Crippen molar-refractivity contribution in [3.05, 3.63) is 52.5 Å². The van der Waals surface area contributed by atoms with Crippen molar-refractivity contribution in [2.75, 3.05) is 20.6 Å². The monoisotopic (exact) mass is 288 g/mol. The molecule has 0 unspecified atom stereocenters. The highest BCUT2D eigenvalue weighted by Gasteiger charge is 2.18. The van der Waals surface area contributed by atoms with Gasteiger partial charge in [0.15, 0.2) is 11.6 Å². The first-order valence-corrected chi connectivity index (χ1v) is 7.27. The lowest BCUT2D eigenvalue weighted by Crippen LogP contribution is -2.13. The Balaban J connectivity index is 2.33. The number of hydrogen-bond donors (Lipinski definition) is 2. The van der Waals surface area contributed by atoms with Gasteiger partial charge in [0.1, 0.15) is 7.85 Å². The van der Waals surface area contributed by atoms with Crippen molar-refractivity contribution in [3.8, 4) is 0 Å². The second kappa shape index (κ2) is 6.81. The van der Waals surface area contributed by atoms with Crippen LogP contribution < -0.4 is 0 Å². The normalized spacial score (nSPS) is 21.4. The number of nitrogens with one attached hydrogen (secondary N) is 1. The lowest BCUT2D eigenvalue weighted by atomic mass is 9.93. The molecule has 1 aromatic heterocycles. The predicted octanol–water partition coefficient (Wildman–Crippen LogP) is 2.33. The molecule has 0 radical (unpaired) electrons. The summed E-state index contributed by atoms with van der Waals surface area (Å²) in [7, 11) is 5.98. The highest BCUT2D eigenvalue weighted by atomic mass is 19.1. The summed E-state index contributed by atoms with van der Waals surface area (Å²) in [6, 6.07) is 0. The number of aliphatic hydroxyl groups is 1. The van der Waals surface area contributed by atoms with Gasteiger partial charge in [0.2, 0.25) is 0 Å². The van der Waals surface area contributed by atoms with E-state index in [1.807, 2.05) is 34.2 Å². The third kappa shape index (κ3) is 3.88. The van der Waals surface area contributed by atoms with Crippen LogP contribution in [0.25, 0.3) is 5.76 Å². The van der Waals surface area contributed by atoms with Gasteiger partial charge in [0.25, 0.3) is 0 Å². The molecule has 2 N–H and O–H groups in total. The zero-order valence-electron chi connectivity index (χ0n) is 12.9. The van der Waals surface area contributed by atoms with Crippen LogP contribution in [0, 0.1) is 0 Å². The molecule has 0 aromatic carbocycles. The molecule has 1 aromatic rings. The van der Waals surface area contributed by atoms with E-state index in [4.69, 9.17) is 0 Å². The van der Waals surface area contributed by atoms with Crippen molar-refractivity contribution in [2.24, 2.45) is 0 Å². The van der Waals surface area contributed by atoms with E-state index in [9.17, 15) is 9.50 Å². The number of hydrogen-bond acceptors (Lipinski definition) is 2. The summed E-state index contributed by atoms with van der Waals surface area (Å²) < 4.78 is 14.1. The van der Waals surface area contributed by atoms with Crippen LogP contribution in [-0.2, 0) is 12.8 Å². The molecule has 1 aliphatic rings. The summed E-state index contributed by atoms with van der Waals surface area (Å²) in [6.45, 7) is 0.964. The number of fused-ring (bicyclic) bond motifs is 1. The summed E-state index contributed by atoms with van der Waals surface area (Å²) in [4.78, 5) is 5.30. The van der Waals surface area contributed by atoms with Gasteiger partial charge in [0.05, 0.1) is 0 Å². The average Bonchev–Trinajstić information content (AvgIpc) is 2.84. The van der Waals surface area contributed by atoms with Crippen molar-refractivity contribution in [1.29, 1.82) is 0 Å². The Labute approximate surface area is 126 Å². The first-order valence-electron chi connectivity index (χ1n) is 7.27. The van der Waals surface area contributed by atoms with Crippen molar-refractivity contribution in [1.82, 2.24) is 9.88 Å². The van der Waals surface area contributed by atoms with Gasteiger partial charge in [0, 0.05) is 23.9 Å². The van der Waals surface area contributed by atoms with Gasteiger partial charge >= 0.3 is 0 Å². The largest absolute Gasteiger partial charge is 0.504 e. The molecule has 0 fully saturated rings. The predicted molar refractivity (Wildman–Crippen MR) is 87.8 cm³/mol. The molecule has 0 saturated carbocycles. The van der Waals surface area contributed by atoms with E-state index in [0.717, 1.165) is 36.1 Å². The van der Waals surface area contributed by atoms with Crippen LogP contribution in [-0.4, -0.2) is 43.5 Å². The summed E-state index contributed by atoms with van der Waals surface area (Å²) in [5.41, 5.74) is 3.45. The maximum absolute atomic E-state index is 14.1. The van der Waals surface area contributed by atoms with Gasteiger partial charge in [-0.15, -0.1) is 0 Å². The zero-order valence-corrected chi connectivity index (χ0v) is 12.9. The number of aliphatic hydroxyl groups excluding tert-OH is 1. The molecule has 0 amide bonds. The molecule has 1 heterocycles. The molecule has 1 aliphatic carbocycles. The third-order valence-corrected chi connectivity index (χ3v) is 3.68. The Bertz CT molecular complexity index is 599. The van der Waals surface area contributed by atoms with Gasteiger partial charge in [-0.2, -0.15) is 0 Å². The van der Waals surface area contributed by atoms with E-state index in [2.05, 4.69) is 9.88 Å². The second-order valence-electron chi connectivity index (χ2n) is 5.76. The number of halogens is 1. The molecule has 0 atom stereocenters. The van der Waals surface area contributed by atoms with Crippen LogP contribution in [0.4, 0.5) is 4.39 Å². The lowest BCUT2D eigenvalue weighted by molar-refractivity contribution is 0.400. The first-order chi connectivity index (χ1) is 9.99. The number of allylic oxidation sites excluding steroid dienone is 5. The van der Waals surface area contributed by atoms with Crippen LogP contribution in [0.3, 0.4) is 0 Å². The molecule has 5 heteroatoms. The fourth-order valence-corrected chi connectivity index (χ4v) is 2.49. The Morgan fingerprint density at radius 1 is 1.38 bits per heavy atom. The van der Waals surface area contributed by atoms with Gasteiger partial charge in [-0.25, -0.2) is 4.39 Å². The highest BCUT2D eigenvalue weighted by molar-refractivity contribution is 6.23. The number of nitrogens with zero attached hydrogens (tertiary/aromatic N) is 1. The van der Waals surface area contributed by atoms with Crippen molar-refractivity contribution < 1.29 is 9.50 Å². The smallest absolute Gasteiger partial charge is 0.165 e.